The van der Waals surface area contributed by atoms with Gasteiger partial charge in [-0.15, -0.1) is 0 Å². The van der Waals surface area contributed by atoms with Gasteiger partial charge in [0.05, 0.1) is 23.2 Å². The van der Waals surface area contributed by atoms with Crippen molar-refractivity contribution in [2.45, 2.75) is 32.4 Å². The lowest BCUT2D eigenvalue weighted by Gasteiger charge is -2.43. The summed E-state index contributed by atoms with van der Waals surface area (Å²) in [6.07, 6.45) is 0.568. The van der Waals surface area contributed by atoms with E-state index in [1.165, 1.54) is 6.92 Å². The fourth-order valence-electron chi connectivity index (χ4n) is 4.42. The van der Waals surface area contributed by atoms with E-state index in [0.717, 1.165) is 11.3 Å². The van der Waals surface area contributed by atoms with Crippen LogP contribution in [0.15, 0.2) is 66.7 Å². The molecule has 3 aromatic carbocycles. The number of nitrogens with zero attached hydrogens (tertiary/aromatic N) is 2. The fourth-order valence-corrected chi connectivity index (χ4v) is 4.72. The zero-order valence-corrected chi connectivity index (χ0v) is 20.1. The van der Waals surface area contributed by atoms with E-state index in [0.29, 0.717) is 33.5 Å². The van der Waals surface area contributed by atoms with Gasteiger partial charge in [-0.05, 0) is 67.4 Å². The Hall–Kier alpha value is -3.02. The number of anilines is 2. The Balaban J connectivity index is 1.76. The second kappa shape index (κ2) is 9.46. The quantitative estimate of drug-likeness (QED) is 0.424. The molecule has 0 aliphatic carbocycles. The molecule has 1 aliphatic heterocycles. The first-order valence-corrected chi connectivity index (χ1v) is 11.4. The van der Waals surface area contributed by atoms with Crippen molar-refractivity contribution in [1.82, 2.24) is 0 Å². The Morgan fingerprint density at radius 2 is 1.70 bits per heavy atom. The van der Waals surface area contributed by atoms with Crippen LogP contribution in [0.3, 0.4) is 0 Å². The van der Waals surface area contributed by atoms with E-state index in [1.54, 1.807) is 59.4 Å². The van der Waals surface area contributed by atoms with Crippen LogP contribution in [0.1, 0.15) is 42.2 Å². The summed E-state index contributed by atoms with van der Waals surface area (Å²) in [4.78, 5) is 29.9. The molecule has 0 saturated heterocycles. The highest BCUT2D eigenvalue weighted by Crippen LogP contribution is 2.43. The predicted molar refractivity (Wildman–Crippen MR) is 133 cm³/mol. The van der Waals surface area contributed by atoms with Crippen LogP contribution < -0.4 is 14.5 Å². The summed E-state index contributed by atoms with van der Waals surface area (Å²) in [5, 5.41) is 0.812. The lowest BCUT2D eigenvalue weighted by Crippen LogP contribution is -2.47. The Kier molecular flexibility index (Phi) is 6.63. The molecule has 0 radical (unpaired) electrons. The van der Waals surface area contributed by atoms with E-state index in [4.69, 9.17) is 27.9 Å². The van der Waals surface area contributed by atoms with E-state index in [9.17, 15) is 9.59 Å². The van der Waals surface area contributed by atoms with Gasteiger partial charge in [-0.1, -0.05) is 41.4 Å². The van der Waals surface area contributed by atoms with Crippen LogP contribution in [0.5, 0.6) is 5.75 Å². The van der Waals surface area contributed by atoms with Crippen LogP contribution in [-0.4, -0.2) is 25.0 Å². The maximum Gasteiger partial charge on any atom is 0.258 e. The Labute approximate surface area is 203 Å². The predicted octanol–water partition coefficient (Wildman–Crippen LogP) is 6.54. The van der Waals surface area contributed by atoms with Crippen molar-refractivity contribution in [2.75, 3.05) is 16.9 Å². The maximum absolute atomic E-state index is 13.5. The van der Waals surface area contributed by atoms with Crippen molar-refractivity contribution < 1.29 is 14.3 Å². The molecule has 1 heterocycles. The van der Waals surface area contributed by atoms with Gasteiger partial charge in [-0.25, -0.2) is 0 Å². The van der Waals surface area contributed by atoms with Gasteiger partial charge in [0.1, 0.15) is 5.75 Å². The van der Waals surface area contributed by atoms with Crippen molar-refractivity contribution >= 4 is 46.4 Å². The molecule has 3 aromatic rings. The monoisotopic (exact) mass is 482 g/mol. The average Bonchev–Trinajstić information content (AvgIpc) is 2.81. The minimum absolute atomic E-state index is 0.0973. The summed E-state index contributed by atoms with van der Waals surface area (Å²) < 4.78 is 5.21. The topological polar surface area (TPSA) is 49.9 Å². The van der Waals surface area contributed by atoms with Gasteiger partial charge in [0, 0.05) is 29.9 Å². The zero-order chi connectivity index (χ0) is 23.7. The summed E-state index contributed by atoms with van der Waals surface area (Å²) >= 11 is 12.4. The molecule has 0 saturated carbocycles. The van der Waals surface area contributed by atoms with Crippen LogP contribution in [0.4, 0.5) is 11.4 Å². The molecule has 7 heteroatoms. The van der Waals surface area contributed by atoms with E-state index in [1.807, 2.05) is 31.2 Å². The fraction of sp³-hybridized carbons (Fsp3) is 0.231. The van der Waals surface area contributed by atoms with Gasteiger partial charge in [0.2, 0.25) is 5.91 Å². The molecule has 2 amide bonds. The van der Waals surface area contributed by atoms with Crippen LogP contribution in [-0.2, 0) is 4.79 Å². The highest BCUT2D eigenvalue weighted by molar-refractivity contribution is 6.42. The van der Waals surface area contributed by atoms with E-state index >= 15 is 0 Å². The Morgan fingerprint density at radius 1 is 1.00 bits per heavy atom. The first-order chi connectivity index (χ1) is 15.8. The third kappa shape index (κ3) is 4.43. The van der Waals surface area contributed by atoms with Crippen LogP contribution in [0.25, 0.3) is 0 Å². The number of hydrogen-bond donors (Lipinski definition) is 0. The van der Waals surface area contributed by atoms with Gasteiger partial charge in [0.25, 0.3) is 5.91 Å². The number of fused-ring (bicyclic) bond motifs is 1. The molecule has 2 atom stereocenters. The van der Waals surface area contributed by atoms with Crippen molar-refractivity contribution in [1.29, 1.82) is 0 Å². The lowest BCUT2D eigenvalue weighted by atomic mass is 9.89. The summed E-state index contributed by atoms with van der Waals surface area (Å²) in [7, 11) is 1.59. The average molecular weight is 483 g/mol. The molecule has 4 rings (SSSR count). The summed E-state index contributed by atoms with van der Waals surface area (Å²) in [5.74, 6) is 0.479. The smallest absolute Gasteiger partial charge is 0.258 e. The minimum Gasteiger partial charge on any atom is -0.497 e. The number of methoxy groups -OCH3 is 1. The van der Waals surface area contributed by atoms with Crippen LogP contribution in [0, 0.1) is 0 Å². The summed E-state index contributed by atoms with van der Waals surface area (Å²) in [6.45, 7) is 3.53. The molecule has 0 bridgehead atoms. The third-order valence-corrected chi connectivity index (χ3v) is 6.69. The molecular weight excluding hydrogens is 459 g/mol. The number of para-hydroxylation sites is 1. The van der Waals surface area contributed by atoms with Gasteiger partial charge in [-0.3, -0.25) is 9.59 Å². The number of halogens is 2. The van der Waals surface area contributed by atoms with E-state index in [2.05, 4.69) is 0 Å². The molecule has 5 nitrogen and oxygen atoms in total. The van der Waals surface area contributed by atoms with Crippen LogP contribution >= 0.6 is 23.2 Å². The van der Waals surface area contributed by atoms with E-state index < -0.39 is 0 Å². The lowest BCUT2D eigenvalue weighted by molar-refractivity contribution is -0.117. The molecule has 0 aromatic heterocycles. The number of hydrogen-bond acceptors (Lipinski definition) is 3. The molecule has 0 N–H and O–H groups in total. The second-order valence-electron chi connectivity index (χ2n) is 8.05. The molecule has 170 valence electrons. The minimum atomic E-state index is -0.258. The van der Waals surface area contributed by atoms with Gasteiger partial charge >= 0.3 is 0 Å². The molecule has 0 unspecified atom stereocenters. The van der Waals surface area contributed by atoms with Crippen molar-refractivity contribution in [3.63, 3.8) is 0 Å². The van der Waals surface area contributed by atoms with Crippen molar-refractivity contribution in [3.8, 4) is 5.75 Å². The number of rotatable bonds is 4. The van der Waals surface area contributed by atoms with Gasteiger partial charge in [0.15, 0.2) is 0 Å². The number of ether oxygens (including phenoxy) is 1. The highest BCUT2D eigenvalue weighted by Gasteiger charge is 2.38. The molecule has 1 aliphatic rings. The number of carbonyl (C=O) groups excluding carboxylic acids is 2. The highest BCUT2D eigenvalue weighted by atomic mass is 35.5. The molecule has 0 fully saturated rings. The first-order valence-electron chi connectivity index (χ1n) is 10.6. The third-order valence-electron chi connectivity index (χ3n) is 5.95. The maximum atomic E-state index is 13.5. The SMILES string of the molecule is COc1ccc(C(=O)N2c3ccccc3[C@H](N(C(C)=O)c3ccc(Cl)c(Cl)c3)C[C@@H]2C)cc1. The number of amides is 2. The van der Waals surface area contributed by atoms with E-state index in [-0.39, 0.29) is 23.9 Å². The number of benzene rings is 3. The number of carbonyl (C=O) groups is 2. The molecule has 0 spiro atoms. The largest absolute Gasteiger partial charge is 0.497 e. The van der Waals surface area contributed by atoms with Gasteiger partial charge < -0.3 is 14.5 Å². The first kappa shape index (κ1) is 23.1. The standard InChI is InChI=1S/C26H24Cl2N2O3/c1-16-14-25(30(17(2)31)19-10-13-22(27)23(28)15-19)21-6-4-5-7-24(21)29(16)26(32)18-8-11-20(33-3)12-9-18/h4-13,15-16,25H,14H2,1-3H3/t16-,25+/m0/s1. The molecule has 33 heavy (non-hydrogen) atoms. The second-order valence-corrected chi connectivity index (χ2v) is 8.86. The summed E-state index contributed by atoms with van der Waals surface area (Å²) in [6, 6.07) is 19.6. The Bertz CT molecular complexity index is 1200. The van der Waals surface area contributed by atoms with Gasteiger partial charge in [-0.2, -0.15) is 0 Å². The van der Waals surface area contributed by atoms with Crippen molar-refractivity contribution in [2.24, 2.45) is 0 Å². The Morgan fingerprint density at radius 3 is 2.33 bits per heavy atom. The molecular formula is C26H24Cl2N2O3. The normalized spacial score (nSPS) is 17.3. The van der Waals surface area contributed by atoms with Crippen molar-refractivity contribution in [3.05, 3.63) is 87.9 Å². The summed E-state index contributed by atoms with van der Waals surface area (Å²) in [5.41, 5.74) is 2.93. The zero-order valence-electron chi connectivity index (χ0n) is 18.6. The van der Waals surface area contributed by atoms with Crippen LogP contribution in [0.2, 0.25) is 10.0 Å².